The van der Waals surface area contributed by atoms with Crippen LogP contribution in [-0.2, 0) is 16.6 Å². The Morgan fingerprint density at radius 1 is 1.00 bits per heavy atom. The van der Waals surface area contributed by atoms with E-state index in [1.807, 2.05) is 30.3 Å². The van der Waals surface area contributed by atoms with Gasteiger partial charge in [0.25, 0.3) is 0 Å². The molecule has 2 aliphatic rings. The van der Waals surface area contributed by atoms with Crippen LogP contribution >= 0.6 is 0 Å². The average molecular weight is 357 g/mol. The number of benzene rings is 2. The Labute approximate surface area is 149 Å². The van der Waals surface area contributed by atoms with Crippen molar-refractivity contribution in [3.63, 3.8) is 0 Å². The second-order valence-corrected chi connectivity index (χ2v) is 8.75. The summed E-state index contributed by atoms with van der Waals surface area (Å²) in [6.07, 6.45) is 2.33. The van der Waals surface area contributed by atoms with Gasteiger partial charge in [0.2, 0.25) is 10.0 Å². The third kappa shape index (κ3) is 3.50. The van der Waals surface area contributed by atoms with E-state index in [1.165, 1.54) is 11.8 Å². The molecule has 2 fully saturated rings. The molecule has 0 amide bonds. The molecule has 132 valence electrons. The number of anilines is 2. The molecule has 0 radical (unpaired) electrons. The van der Waals surface area contributed by atoms with Crippen molar-refractivity contribution in [3.8, 4) is 0 Å². The Morgan fingerprint density at radius 2 is 1.72 bits per heavy atom. The molecule has 0 saturated carbocycles. The third-order valence-corrected chi connectivity index (χ3v) is 5.68. The first-order valence-electron chi connectivity index (χ1n) is 8.61. The number of hydrogen-bond acceptors (Lipinski definition) is 4. The number of sulfonamides is 1. The summed E-state index contributed by atoms with van der Waals surface area (Å²) in [5.74, 6) is 0. The fourth-order valence-electron chi connectivity index (χ4n) is 4.07. The van der Waals surface area contributed by atoms with E-state index in [0.29, 0.717) is 17.8 Å². The highest BCUT2D eigenvalue weighted by molar-refractivity contribution is 7.92. The van der Waals surface area contributed by atoms with Gasteiger partial charge < -0.3 is 4.90 Å². The average Bonchev–Trinajstić information content (AvgIpc) is 3.15. The summed E-state index contributed by atoms with van der Waals surface area (Å²) in [5.41, 5.74) is 3.01. The van der Waals surface area contributed by atoms with Gasteiger partial charge in [-0.15, -0.1) is 0 Å². The molecular weight excluding hydrogens is 334 g/mol. The van der Waals surface area contributed by atoms with Crippen molar-refractivity contribution in [2.45, 2.75) is 25.0 Å². The molecule has 2 atom stereocenters. The SMILES string of the molecule is CS(=O)(=O)Nc1ccccc1N1CC2CC1CN2Cc1ccccc1. The zero-order valence-corrected chi connectivity index (χ0v) is 15.1. The summed E-state index contributed by atoms with van der Waals surface area (Å²) < 4.78 is 25.9. The number of likely N-dealkylation sites (tertiary alicyclic amines) is 1. The number of fused-ring (bicyclic) bond motifs is 2. The fraction of sp³-hybridized carbons (Fsp3) is 0.368. The van der Waals surface area contributed by atoms with Crippen LogP contribution in [-0.4, -0.2) is 44.7 Å². The number of hydrogen-bond donors (Lipinski definition) is 1. The van der Waals surface area contributed by atoms with Crippen LogP contribution in [0.15, 0.2) is 54.6 Å². The van der Waals surface area contributed by atoms with Gasteiger partial charge in [-0.05, 0) is 24.1 Å². The molecule has 0 aromatic heterocycles. The van der Waals surface area contributed by atoms with Crippen LogP contribution in [0.4, 0.5) is 11.4 Å². The number of piperazine rings is 1. The van der Waals surface area contributed by atoms with Crippen molar-refractivity contribution in [2.24, 2.45) is 0 Å². The van der Waals surface area contributed by atoms with Gasteiger partial charge in [-0.1, -0.05) is 42.5 Å². The molecule has 2 heterocycles. The maximum atomic E-state index is 11.6. The molecular formula is C19H23N3O2S. The molecule has 2 saturated heterocycles. The molecule has 4 rings (SSSR count). The van der Waals surface area contributed by atoms with Crippen molar-refractivity contribution in [3.05, 3.63) is 60.2 Å². The van der Waals surface area contributed by atoms with Crippen LogP contribution in [0.5, 0.6) is 0 Å². The van der Waals surface area contributed by atoms with Gasteiger partial charge in [-0.2, -0.15) is 0 Å². The number of nitrogens with zero attached hydrogens (tertiary/aromatic N) is 2. The Morgan fingerprint density at radius 3 is 2.40 bits per heavy atom. The minimum Gasteiger partial charge on any atom is -0.364 e. The zero-order chi connectivity index (χ0) is 17.4. The highest BCUT2D eigenvalue weighted by Crippen LogP contribution is 2.38. The maximum absolute atomic E-state index is 11.6. The van der Waals surface area contributed by atoms with E-state index in [0.717, 1.165) is 31.7 Å². The lowest BCUT2D eigenvalue weighted by atomic mass is 10.2. The first-order valence-corrected chi connectivity index (χ1v) is 10.5. The molecule has 2 aromatic carbocycles. The van der Waals surface area contributed by atoms with Crippen LogP contribution in [0.1, 0.15) is 12.0 Å². The summed E-state index contributed by atoms with van der Waals surface area (Å²) in [7, 11) is -3.28. The van der Waals surface area contributed by atoms with Gasteiger partial charge in [-0.3, -0.25) is 9.62 Å². The topological polar surface area (TPSA) is 52.7 Å². The molecule has 6 heteroatoms. The predicted molar refractivity (Wildman–Crippen MR) is 101 cm³/mol. The zero-order valence-electron chi connectivity index (χ0n) is 14.3. The van der Waals surface area contributed by atoms with Gasteiger partial charge in [0.05, 0.1) is 17.6 Å². The molecule has 5 nitrogen and oxygen atoms in total. The molecule has 2 aliphatic heterocycles. The van der Waals surface area contributed by atoms with E-state index < -0.39 is 10.0 Å². The quantitative estimate of drug-likeness (QED) is 0.893. The lowest BCUT2D eigenvalue weighted by molar-refractivity contribution is 0.230. The number of rotatable bonds is 5. The standard InChI is InChI=1S/C19H23N3O2S/c1-25(23,24)20-18-9-5-6-10-19(18)22-14-16-11-17(22)13-21(16)12-15-7-3-2-4-8-15/h2-10,16-17,20H,11-14H2,1H3. The molecule has 2 unspecified atom stereocenters. The lowest BCUT2D eigenvalue weighted by Crippen LogP contribution is -2.46. The van der Waals surface area contributed by atoms with Crippen LogP contribution in [0.3, 0.4) is 0 Å². The van der Waals surface area contributed by atoms with E-state index in [1.54, 1.807) is 0 Å². The van der Waals surface area contributed by atoms with Gasteiger partial charge in [-0.25, -0.2) is 8.42 Å². The van der Waals surface area contributed by atoms with E-state index in [-0.39, 0.29) is 0 Å². The molecule has 0 spiro atoms. The van der Waals surface area contributed by atoms with Gasteiger partial charge in [0, 0.05) is 31.7 Å². The summed E-state index contributed by atoms with van der Waals surface area (Å²) >= 11 is 0. The summed E-state index contributed by atoms with van der Waals surface area (Å²) in [5, 5.41) is 0. The maximum Gasteiger partial charge on any atom is 0.229 e. The summed E-state index contributed by atoms with van der Waals surface area (Å²) in [6, 6.07) is 19.2. The van der Waals surface area contributed by atoms with Gasteiger partial charge >= 0.3 is 0 Å². The Balaban J connectivity index is 1.50. The molecule has 0 aliphatic carbocycles. The van der Waals surface area contributed by atoms with E-state index >= 15 is 0 Å². The lowest BCUT2D eigenvalue weighted by Gasteiger charge is -2.36. The van der Waals surface area contributed by atoms with Crippen molar-refractivity contribution >= 4 is 21.4 Å². The third-order valence-electron chi connectivity index (χ3n) is 5.09. The molecule has 25 heavy (non-hydrogen) atoms. The summed E-state index contributed by atoms with van der Waals surface area (Å²) in [4.78, 5) is 4.91. The van der Waals surface area contributed by atoms with Crippen molar-refractivity contribution in [2.75, 3.05) is 29.0 Å². The van der Waals surface area contributed by atoms with Crippen molar-refractivity contribution in [1.29, 1.82) is 0 Å². The van der Waals surface area contributed by atoms with E-state index in [4.69, 9.17) is 0 Å². The number of nitrogens with one attached hydrogen (secondary N) is 1. The molecule has 2 aromatic rings. The first-order chi connectivity index (χ1) is 12.0. The van der Waals surface area contributed by atoms with Gasteiger partial charge in [0.15, 0.2) is 0 Å². The van der Waals surface area contributed by atoms with Crippen molar-refractivity contribution in [1.82, 2.24) is 4.90 Å². The van der Waals surface area contributed by atoms with E-state index in [9.17, 15) is 8.42 Å². The Kier molecular flexibility index (Phi) is 4.17. The fourth-order valence-corrected chi connectivity index (χ4v) is 4.64. The van der Waals surface area contributed by atoms with Crippen LogP contribution in [0, 0.1) is 0 Å². The van der Waals surface area contributed by atoms with Crippen LogP contribution in [0.25, 0.3) is 0 Å². The van der Waals surface area contributed by atoms with Crippen LogP contribution in [0.2, 0.25) is 0 Å². The molecule has 2 bridgehead atoms. The Hall–Kier alpha value is -2.05. The monoisotopic (exact) mass is 357 g/mol. The summed E-state index contributed by atoms with van der Waals surface area (Å²) in [6.45, 7) is 2.95. The minimum absolute atomic E-state index is 0.441. The van der Waals surface area contributed by atoms with Crippen molar-refractivity contribution < 1.29 is 8.42 Å². The minimum atomic E-state index is -3.28. The second kappa shape index (κ2) is 6.35. The smallest absolute Gasteiger partial charge is 0.229 e. The van der Waals surface area contributed by atoms with Gasteiger partial charge in [0.1, 0.15) is 0 Å². The predicted octanol–water partition coefficient (Wildman–Crippen LogP) is 2.52. The highest BCUT2D eigenvalue weighted by atomic mass is 32.2. The number of para-hydroxylation sites is 2. The van der Waals surface area contributed by atoms with E-state index in [2.05, 4.69) is 38.8 Å². The highest BCUT2D eigenvalue weighted by Gasteiger charge is 2.43. The normalized spacial score (nSPS) is 23.2. The largest absolute Gasteiger partial charge is 0.364 e. The molecule has 1 N–H and O–H groups in total. The second-order valence-electron chi connectivity index (χ2n) is 7.00. The van der Waals surface area contributed by atoms with Crippen LogP contribution < -0.4 is 9.62 Å². The Bertz CT molecular complexity index is 854. The first kappa shape index (κ1) is 16.4.